The minimum absolute atomic E-state index is 0.163. The van der Waals surface area contributed by atoms with Crippen LogP contribution in [-0.4, -0.2) is 34.0 Å². The fraction of sp³-hybridized carbons (Fsp3) is 0.200. The quantitative estimate of drug-likeness (QED) is 0.641. The smallest absolute Gasteiger partial charge is 0.260 e. The third-order valence-electron chi connectivity index (χ3n) is 4.05. The number of likely N-dealkylation sites (N-methyl/N-ethyl adjacent to an activating group) is 1. The van der Waals surface area contributed by atoms with Crippen molar-refractivity contribution < 1.29 is 18.3 Å². The summed E-state index contributed by atoms with van der Waals surface area (Å²) in [4.78, 5) is 18.0. The van der Waals surface area contributed by atoms with Crippen LogP contribution in [0.25, 0.3) is 0 Å². The van der Waals surface area contributed by atoms with Gasteiger partial charge in [0.25, 0.3) is 5.91 Å². The van der Waals surface area contributed by atoms with Crippen molar-refractivity contribution in [3.8, 4) is 5.75 Å². The molecule has 0 atom stereocenters. The molecule has 2 aromatic carbocycles. The molecule has 0 bridgehead atoms. The number of benzene rings is 2. The predicted octanol–water partition coefficient (Wildman–Crippen LogP) is 3.25. The summed E-state index contributed by atoms with van der Waals surface area (Å²) in [5.41, 5.74) is 1.13. The Labute approximate surface area is 155 Å². The molecule has 1 heterocycles. The topological polar surface area (TPSA) is 47.4 Å². The van der Waals surface area contributed by atoms with Gasteiger partial charge in [-0.25, -0.2) is 13.8 Å². The third-order valence-corrected chi connectivity index (χ3v) is 4.05. The summed E-state index contributed by atoms with van der Waals surface area (Å²) in [7, 11) is 1.62. The first-order chi connectivity index (χ1) is 13.0. The maximum atomic E-state index is 13.6. The monoisotopic (exact) mass is 371 g/mol. The Bertz CT molecular complexity index is 913. The van der Waals surface area contributed by atoms with Crippen LogP contribution >= 0.6 is 0 Å². The molecule has 0 aliphatic carbocycles. The van der Waals surface area contributed by atoms with Gasteiger partial charge in [0.2, 0.25) is 0 Å². The highest BCUT2D eigenvalue weighted by atomic mass is 19.1. The minimum atomic E-state index is -0.844. The first kappa shape index (κ1) is 18.6. The number of amides is 1. The number of carbonyl (C=O) groups excluding carboxylic acids is 1. The predicted molar refractivity (Wildman–Crippen MR) is 96.1 cm³/mol. The zero-order chi connectivity index (χ0) is 19.2. The number of carbonyl (C=O) groups is 1. The summed E-state index contributed by atoms with van der Waals surface area (Å²) in [6.45, 7) is 0.585. The molecule has 140 valence electrons. The lowest BCUT2D eigenvalue weighted by Crippen LogP contribution is -2.32. The SMILES string of the molecule is CN(Cc1nccn1Cc1ccccc1)C(=O)COc1ccc(F)cc1F. The normalized spacial score (nSPS) is 10.6. The van der Waals surface area contributed by atoms with Crippen LogP contribution < -0.4 is 4.74 Å². The Balaban J connectivity index is 1.58. The van der Waals surface area contributed by atoms with E-state index < -0.39 is 11.6 Å². The summed E-state index contributed by atoms with van der Waals surface area (Å²) in [5.74, 6) is -1.32. The van der Waals surface area contributed by atoms with E-state index in [1.807, 2.05) is 41.1 Å². The van der Waals surface area contributed by atoms with E-state index in [0.29, 0.717) is 12.6 Å². The Kier molecular flexibility index (Phi) is 5.80. The molecule has 3 aromatic rings. The lowest BCUT2D eigenvalue weighted by Gasteiger charge is -2.18. The van der Waals surface area contributed by atoms with Gasteiger partial charge >= 0.3 is 0 Å². The molecule has 3 rings (SSSR count). The van der Waals surface area contributed by atoms with Gasteiger partial charge in [-0.15, -0.1) is 0 Å². The molecule has 0 saturated heterocycles. The van der Waals surface area contributed by atoms with Crippen LogP contribution in [0.5, 0.6) is 5.75 Å². The van der Waals surface area contributed by atoms with E-state index in [0.717, 1.165) is 23.5 Å². The van der Waals surface area contributed by atoms with Crippen molar-refractivity contribution in [2.75, 3.05) is 13.7 Å². The van der Waals surface area contributed by atoms with Gasteiger partial charge < -0.3 is 14.2 Å². The van der Waals surface area contributed by atoms with Gasteiger partial charge in [-0.1, -0.05) is 30.3 Å². The molecule has 0 fully saturated rings. The second kappa shape index (κ2) is 8.44. The Hall–Kier alpha value is -3.22. The van der Waals surface area contributed by atoms with E-state index in [4.69, 9.17) is 4.74 Å². The minimum Gasteiger partial charge on any atom is -0.481 e. The summed E-state index contributed by atoms with van der Waals surface area (Å²) >= 11 is 0. The zero-order valence-corrected chi connectivity index (χ0v) is 14.8. The molecule has 0 unspecified atom stereocenters. The van der Waals surface area contributed by atoms with Gasteiger partial charge in [0.1, 0.15) is 11.6 Å². The van der Waals surface area contributed by atoms with E-state index in [1.165, 1.54) is 4.90 Å². The Morgan fingerprint density at radius 2 is 1.96 bits per heavy atom. The first-order valence-electron chi connectivity index (χ1n) is 8.38. The van der Waals surface area contributed by atoms with Crippen LogP contribution in [0, 0.1) is 11.6 Å². The van der Waals surface area contributed by atoms with Crippen LogP contribution in [0.15, 0.2) is 60.9 Å². The van der Waals surface area contributed by atoms with Gasteiger partial charge in [-0.05, 0) is 17.7 Å². The number of hydrogen-bond donors (Lipinski definition) is 0. The fourth-order valence-corrected chi connectivity index (χ4v) is 2.56. The summed E-state index contributed by atoms with van der Waals surface area (Å²) in [6, 6.07) is 12.9. The van der Waals surface area contributed by atoms with E-state index in [9.17, 15) is 13.6 Å². The van der Waals surface area contributed by atoms with Crippen molar-refractivity contribution in [2.24, 2.45) is 0 Å². The lowest BCUT2D eigenvalue weighted by molar-refractivity contribution is -0.132. The highest BCUT2D eigenvalue weighted by molar-refractivity contribution is 5.77. The van der Waals surface area contributed by atoms with Crippen LogP contribution in [-0.2, 0) is 17.9 Å². The largest absolute Gasteiger partial charge is 0.481 e. The number of aromatic nitrogens is 2. The molecule has 5 nitrogen and oxygen atoms in total. The highest BCUT2D eigenvalue weighted by Crippen LogP contribution is 2.17. The average Bonchev–Trinajstić information content (AvgIpc) is 3.08. The van der Waals surface area contributed by atoms with E-state index in [1.54, 1.807) is 13.2 Å². The molecule has 0 aliphatic heterocycles. The lowest BCUT2D eigenvalue weighted by atomic mass is 10.2. The molecule has 1 amide bonds. The van der Waals surface area contributed by atoms with Crippen LogP contribution in [0.2, 0.25) is 0 Å². The standard InChI is InChI=1S/C20H19F2N3O2/c1-24(20(26)14-27-18-8-7-16(21)11-17(18)22)13-19-23-9-10-25(19)12-15-5-3-2-4-6-15/h2-11H,12-14H2,1H3. The summed E-state index contributed by atoms with van der Waals surface area (Å²) in [6.07, 6.45) is 3.53. The highest BCUT2D eigenvalue weighted by Gasteiger charge is 2.15. The molecule has 1 aromatic heterocycles. The summed E-state index contributed by atoms with van der Waals surface area (Å²) < 4.78 is 33.6. The average molecular weight is 371 g/mol. The van der Waals surface area contributed by atoms with Crippen LogP contribution in [0.1, 0.15) is 11.4 Å². The molecule has 0 saturated carbocycles. The number of rotatable bonds is 7. The molecule has 0 radical (unpaired) electrons. The van der Waals surface area contributed by atoms with Gasteiger partial charge in [0, 0.05) is 32.1 Å². The fourth-order valence-electron chi connectivity index (χ4n) is 2.56. The molecule has 27 heavy (non-hydrogen) atoms. The number of hydrogen-bond acceptors (Lipinski definition) is 3. The van der Waals surface area contributed by atoms with E-state index in [2.05, 4.69) is 4.98 Å². The number of imidazole rings is 1. The van der Waals surface area contributed by atoms with Crippen molar-refractivity contribution in [3.63, 3.8) is 0 Å². The molecule has 7 heteroatoms. The first-order valence-corrected chi connectivity index (χ1v) is 8.38. The summed E-state index contributed by atoms with van der Waals surface area (Å²) in [5, 5.41) is 0. The van der Waals surface area contributed by atoms with Gasteiger partial charge in [-0.3, -0.25) is 4.79 Å². The molecule has 0 spiro atoms. The number of halogens is 2. The molecule has 0 N–H and O–H groups in total. The Morgan fingerprint density at radius 1 is 1.19 bits per heavy atom. The number of ether oxygens (including phenoxy) is 1. The second-order valence-electron chi connectivity index (χ2n) is 6.07. The third kappa shape index (κ3) is 4.91. The van der Waals surface area contributed by atoms with Crippen molar-refractivity contribution in [3.05, 3.63) is 83.9 Å². The van der Waals surface area contributed by atoms with Gasteiger partial charge in [0.15, 0.2) is 18.2 Å². The zero-order valence-electron chi connectivity index (χ0n) is 14.8. The second-order valence-corrected chi connectivity index (χ2v) is 6.07. The van der Waals surface area contributed by atoms with Crippen molar-refractivity contribution >= 4 is 5.91 Å². The molecular formula is C20H19F2N3O2. The van der Waals surface area contributed by atoms with Gasteiger partial charge in [-0.2, -0.15) is 0 Å². The number of nitrogens with zero attached hydrogens (tertiary/aromatic N) is 3. The molecule has 0 aliphatic rings. The van der Waals surface area contributed by atoms with E-state index >= 15 is 0 Å². The molecular weight excluding hydrogens is 352 g/mol. The van der Waals surface area contributed by atoms with E-state index in [-0.39, 0.29) is 24.8 Å². The van der Waals surface area contributed by atoms with Crippen molar-refractivity contribution in [1.29, 1.82) is 0 Å². The van der Waals surface area contributed by atoms with Crippen molar-refractivity contribution in [1.82, 2.24) is 14.5 Å². The van der Waals surface area contributed by atoms with Crippen molar-refractivity contribution in [2.45, 2.75) is 13.1 Å². The van der Waals surface area contributed by atoms with Crippen LogP contribution in [0.4, 0.5) is 8.78 Å². The Morgan fingerprint density at radius 3 is 2.70 bits per heavy atom. The van der Waals surface area contributed by atoms with Gasteiger partial charge in [0.05, 0.1) is 6.54 Å². The van der Waals surface area contributed by atoms with Crippen LogP contribution in [0.3, 0.4) is 0 Å². The maximum Gasteiger partial charge on any atom is 0.260 e. The maximum absolute atomic E-state index is 13.6.